The summed E-state index contributed by atoms with van der Waals surface area (Å²) in [5, 5.41) is 10.1. The van der Waals surface area contributed by atoms with E-state index >= 15 is 0 Å². The molecule has 152 valence electrons. The number of nitrogens with one attached hydrogen (secondary N) is 1. The van der Waals surface area contributed by atoms with E-state index in [-0.39, 0.29) is 42.9 Å². The molecule has 0 fully saturated rings. The molecular weight excluding hydrogens is 408 g/mol. The standard InChI is InChI=1S/C15H19F3N6O.2ClH/c1-3-14(19,4-2)9-21-13(25)11-8-24(23-22-11)12-6-5-10(7-20-12)15(16,17)18;;/h5-8H,3-4,9,19H2,1-2H3,(H,21,25);2*1H. The van der Waals surface area contributed by atoms with Crippen LogP contribution in [-0.4, -0.2) is 38.0 Å². The Hall–Kier alpha value is -1.91. The number of nitrogens with two attached hydrogens (primary N) is 1. The number of aromatic nitrogens is 4. The van der Waals surface area contributed by atoms with Gasteiger partial charge < -0.3 is 11.1 Å². The van der Waals surface area contributed by atoms with Gasteiger partial charge in [-0.3, -0.25) is 4.79 Å². The molecule has 0 aliphatic heterocycles. The summed E-state index contributed by atoms with van der Waals surface area (Å²) in [6.07, 6.45) is -1.08. The average molecular weight is 429 g/mol. The summed E-state index contributed by atoms with van der Waals surface area (Å²) < 4.78 is 38.7. The summed E-state index contributed by atoms with van der Waals surface area (Å²) in [5.41, 5.74) is 4.77. The third kappa shape index (κ3) is 6.33. The highest BCUT2D eigenvalue weighted by molar-refractivity contribution is 5.91. The van der Waals surface area contributed by atoms with Crippen molar-refractivity contribution < 1.29 is 18.0 Å². The Morgan fingerprint density at radius 2 is 1.85 bits per heavy atom. The number of rotatable bonds is 6. The van der Waals surface area contributed by atoms with Crippen molar-refractivity contribution >= 4 is 30.7 Å². The lowest BCUT2D eigenvalue weighted by Gasteiger charge is -2.26. The number of carbonyl (C=O) groups excluding carboxylic acids is 1. The number of alkyl halides is 3. The SMILES string of the molecule is CCC(N)(CC)CNC(=O)c1cn(-c2ccc(C(F)(F)F)cn2)nn1.Cl.Cl. The smallest absolute Gasteiger partial charge is 0.349 e. The quantitative estimate of drug-likeness (QED) is 0.736. The summed E-state index contributed by atoms with van der Waals surface area (Å²) in [6, 6.07) is 2.04. The van der Waals surface area contributed by atoms with E-state index in [1.54, 1.807) is 0 Å². The molecule has 27 heavy (non-hydrogen) atoms. The first-order valence-electron chi connectivity index (χ1n) is 7.71. The minimum atomic E-state index is -4.47. The largest absolute Gasteiger partial charge is 0.417 e. The van der Waals surface area contributed by atoms with E-state index in [9.17, 15) is 18.0 Å². The molecule has 2 aromatic rings. The topological polar surface area (TPSA) is 98.7 Å². The molecule has 0 atom stereocenters. The van der Waals surface area contributed by atoms with E-state index in [0.717, 1.165) is 16.8 Å². The van der Waals surface area contributed by atoms with Gasteiger partial charge >= 0.3 is 6.18 Å². The molecule has 2 aromatic heterocycles. The lowest BCUT2D eigenvalue weighted by Crippen LogP contribution is -2.49. The Balaban J connectivity index is 0.00000338. The first-order valence-corrected chi connectivity index (χ1v) is 7.71. The molecule has 0 saturated carbocycles. The fourth-order valence-electron chi connectivity index (χ4n) is 2.02. The molecule has 2 rings (SSSR count). The van der Waals surface area contributed by atoms with Gasteiger partial charge in [-0.25, -0.2) is 9.67 Å². The number of pyridine rings is 1. The molecule has 0 radical (unpaired) electrons. The van der Waals surface area contributed by atoms with Crippen LogP contribution in [0.3, 0.4) is 0 Å². The first kappa shape index (κ1) is 25.1. The molecule has 0 bridgehead atoms. The van der Waals surface area contributed by atoms with Crippen LogP contribution < -0.4 is 11.1 Å². The summed E-state index contributed by atoms with van der Waals surface area (Å²) >= 11 is 0. The number of hydrogen-bond donors (Lipinski definition) is 2. The second kappa shape index (κ2) is 9.86. The van der Waals surface area contributed by atoms with Gasteiger partial charge in [0.15, 0.2) is 11.5 Å². The minimum Gasteiger partial charge on any atom is -0.349 e. The van der Waals surface area contributed by atoms with Crippen molar-refractivity contribution in [2.45, 2.75) is 38.4 Å². The van der Waals surface area contributed by atoms with Gasteiger partial charge in [0.2, 0.25) is 0 Å². The van der Waals surface area contributed by atoms with Gasteiger partial charge in [-0.05, 0) is 25.0 Å². The number of halogens is 5. The molecule has 0 saturated heterocycles. The average Bonchev–Trinajstić information content (AvgIpc) is 3.09. The van der Waals surface area contributed by atoms with Crippen LogP contribution in [0.25, 0.3) is 5.82 Å². The maximum absolute atomic E-state index is 12.5. The predicted molar refractivity (Wildman–Crippen MR) is 98.5 cm³/mol. The molecule has 1 amide bonds. The van der Waals surface area contributed by atoms with Crippen LogP contribution in [-0.2, 0) is 6.18 Å². The van der Waals surface area contributed by atoms with Gasteiger partial charge in [-0.2, -0.15) is 13.2 Å². The van der Waals surface area contributed by atoms with Crippen molar-refractivity contribution in [3.05, 3.63) is 35.8 Å². The Labute approximate surface area is 166 Å². The highest BCUT2D eigenvalue weighted by Gasteiger charge is 2.30. The molecule has 0 aliphatic carbocycles. The van der Waals surface area contributed by atoms with E-state index in [4.69, 9.17) is 5.73 Å². The van der Waals surface area contributed by atoms with Crippen LogP contribution in [0.5, 0.6) is 0 Å². The number of nitrogens with zero attached hydrogens (tertiary/aromatic N) is 4. The molecule has 0 aliphatic rings. The highest BCUT2D eigenvalue weighted by Crippen LogP contribution is 2.28. The molecule has 0 aromatic carbocycles. The lowest BCUT2D eigenvalue weighted by molar-refractivity contribution is -0.137. The van der Waals surface area contributed by atoms with Crippen LogP contribution in [0.1, 0.15) is 42.7 Å². The Bertz CT molecular complexity index is 732. The Kier molecular flexibility index (Phi) is 9.16. The van der Waals surface area contributed by atoms with Crippen molar-refractivity contribution in [3.8, 4) is 5.82 Å². The van der Waals surface area contributed by atoms with Gasteiger partial charge in [0.25, 0.3) is 5.91 Å². The summed E-state index contributed by atoms with van der Waals surface area (Å²) in [6.45, 7) is 4.15. The number of hydrogen-bond acceptors (Lipinski definition) is 5. The number of carbonyl (C=O) groups is 1. The van der Waals surface area contributed by atoms with Crippen molar-refractivity contribution in [2.75, 3.05) is 6.54 Å². The Morgan fingerprint density at radius 1 is 1.22 bits per heavy atom. The summed E-state index contributed by atoms with van der Waals surface area (Å²) in [5.74, 6) is -0.343. The fourth-order valence-corrected chi connectivity index (χ4v) is 2.02. The molecular formula is C15H21Cl2F3N6O. The molecule has 7 nitrogen and oxygen atoms in total. The van der Waals surface area contributed by atoms with Crippen LogP contribution in [0.15, 0.2) is 24.5 Å². The second-order valence-electron chi connectivity index (χ2n) is 5.70. The molecule has 2 heterocycles. The van der Waals surface area contributed by atoms with Crippen molar-refractivity contribution in [3.63, 3.8) is 0 Å². The van der Waals surface area contributed by atoms with Gasteiger partial charge in [-0.15, -0.1) is 29.9 Å². The Morgan fingerprint density at radius 3 is 2.33 bits per heavy atom. The monoisotopic (exact) mass is 428 g/mol. The van der Waals surface area contributed by atoms with Crippen molar-refractivity contribution in [1.82, 2.24) is 25.3 Å². The van der Waals surface area contributed by atoms with Crippen LogP contribution in [0.4, 0.5) is 13.2 Å². The fraction of sp³-hybridized carbons (Fsp3) is 0.467. The lowest BCUT2D eigenvalue weighted by atomic mass is 9.94. The van der Waals surface area contributed by atoms with Gasteiger partial charge in [0.05, 0.1) is 11.8 Å². The maximum atomic E-state index is 12.5. The molecule has 0 unspecified atom stereocenters. The van der Waals surface area contributed by atoms with Crippen molar-refractivity contribution in [1.29, 1.82) is 0 Å². The van der Waals surface area contributed by atoms with Gasteiger partial charge in [0, 0.05) is 18.3 Å². The number of amides is 1. The normalized spacial score (nSPS) is 11.3. The van der Waals surface area contributed by atoms with E-state index in [2.05, 4.69) is 20.6 Å². The van der Waals surface area contributed by atoms with Crippen LogP contribution >= 0.6 is 24.8 Å². The highest BCUT2D eigenvalue weighted by atomic mass is 35.5. The minimum absolute atomic E-state index is 0. The maximum Gasteiger partial charge on any atom is 0.417 e. The first-order chi connectivity index (χ1) is 11.7. The predicted octanol–water partition coefficient (Wildman–Crippen LogP) is 2.77. The van der Waals surface area contributed by atoms with E-state index < -0.39 is 23.2 Å². The van der Waals surface area contributed by atoms with E-state index in [1.165, 1.54) is 6.20 Å². The van der Waals surface area contributed by atoms with Crippen molar-refractivity contribution in [2.24, 2.45) is 5.73 Å². The van der Waals surface area contributed by atoms with Gasteiger partial charge in [0.1, 0.15) is 0 Å². The summed E-state index contributed by atoms with van der Waals surface area (Å²) in [7, 11) is 0. The van der Waals surface area contributed by atoms with E-state index in [0.29, 0.717) is 19.0 Å². The zero-order valence-electron chi connectivity index (χ0n) is 14.7. The third-order valence-electron chi connectivity index (χ3n) is 4.05. The zero-order valence-corrected chi connectivity index (χ0v) is 16.3. The third-order valence-corrected chi connectivity index (χ3v) is 4.05. The second-order valence-corrected chi connectivity index (χ2v) is 5.70. The molecule has 3 N–H and O–H groups in total. The molecule has 12 heteroatoms. The van der Waals surface area contributed by atoms with Crippen LogP contribution in [0, 0.1) is 0 Å². The van der Waals surface area contributed by atoms with E-state index in [1.807, 2.05) is 13.8 Å². The van der Waals surface area contributed by atoms with Gasteiger partial charge in [-0.1, -0.05) is 19.1 Å². The molecule has 0 spiro atoms. The summed E-state index contributed by atoms with van der Waals surface area (Å²) in [4.78, 5) is 15.8. The van der Waals surface area contributed by atoms with Crippen LogP contribution in [0.2, 0.25) is 0 Å². The zero-order chi connectivity index (χ0) is 18.7.